The highest BCUT2D eigenvalue weighted by Crippen LogP contribution is 2.65. The smallest absolute Gasteiger partial charge is 0.0727 e. The van der Waals surface area contributed by atoms with E-state index in [1.165, 1.54) is 133 Å². The van der Waals surface area contributed by atoms with Crippen LogP contribution in [0, 0.1) is 0 Å². The molecule has 0 amide bonds. The van der Waals surface area contributed by atoms with Gasteiger partial charge in [0.15, 0.2) is 0 Å². The molecule has 16 aromatic rings. The molecule has 103 heavy (non-hydrogen) atoms. The Hall–Kier alpha value is -12.9. The number of fused-ring (bicyclic) bond motifs is 18. The first-order chi connectivity index (χ1) is 50.9. The zero-order chi connectivity index (χ0) is 68.4. The van der Waals surface area contributed by atoms with Crippen LogP contribution in [-0.4, -0.2) is 0 Å². The fourth-order valence-electron chi connectivity index (χ4n) is 18.9. The highest BCUT2D eigenvalue weighted by molar-refractivity contribution is 6.04. The number of nitrogens with zero attached hydrogens (tertiary/aromatic N) is 2. The van der Waals surface area contributed by atoms with Gasteiger partial charge in [-0.15, -0.1) is 0 Å². The lowest BCUT2D eigenvalue weighted by atomic mass is 9.68. The summed E-state index contributed by atoms with van der Waals surface area (Å²) >= 11 is 0. The molecule has 4 aliphatic rings. The number of hydrogen-bond acceptors (Lipinski definition) is 2. The number of rotatable bonds is 14. The van der Waals surface area contributed by atoms with Crippen molar-refractivity contribution < 1.29 is 0 Å². The first-order valence-corrected chi connectivity index (χ1v) is 36.0. The molecular weight excluding hydrogens is 1240 g/mol. The maximum atomic E-state index is 4.12. The van der Waals surface area contributed by atoms with Gasteiger partial charge in [0.1, 0.15) is 0 Å². The van der Waals surface area contributed by atoms with E-state index in [4.69, 9.17) is 0 Å². The van der Waals surface area contributed by atoms with E-state index in [9.17, 15) is 0 Å². The van der Waals surface area contributed by atoms with E-state index in [-0.39, 0.29) is 0 Å². The van der Waals surface area contributed by atoms with Crippen LogP contribution in [0.1, 0.15) is 77.9 Å². The van der Waals surface area contributed by atoms with Gasteiger partial charge in [0.25, 0.3) is 0 Å². The van der Waals surface area contributed by atoms with Gasteiger partial charge in [-0.1, -0.05) is 329 Å². The highest BCUT2D eigenvalue weighted by atomic mass is 15.2. The third-order valence-corrected chi connectivity index (χ3v) is 23.3. The summed E-state index contributed by atoms with van der Waals surface area (Å²) in [6.45, 7) is 8.24. The number of benzene rings is 16. The second-order valence-electron chi connectivity index (χ2n) is 28.3. The minimum atomic E-state index is -0.731. The highest BCUT2D eigenvalue weighted by Gasteiger charge is 2.53. The van der Waals surface area contributed by atoms with E-state index in [2.05, 4.69) is 387 Å². The number of anilines is 6. The van der Waals surface area contributed by atoms with Crippen molar-refractivity contribution in [3.8, 4) is 44.5 Å². The van der Waals surface area contributed by atoms with Gasteiger partial charge in [-0.05, 0) is 207 Å². The van der Waals surface area contributed by atoms with E-state index >= 15 is 0 Å². The Kier molecular flexibility index (Phi) is 13.8. The molecule has 484 valence electrons. The monoisotopic (exact) mass is 1310 g/mol. The van der Waals surface area contributed by atoms with Crippen molar-refractivity contribution in [2.24, 2.45) is 0 Å². The van der Waals surface area contributed by atoms with Crippen LogP contribution >= 0.6 is 0 Å². The average molecular weight is 1310 g/mol. The topological polar surface area (TPSA) is 6.48 Å². The fraction of sp³-hybridized carbons (Fsp3) is 0.0495. The van der Waals surface area contributed by atoms with Crippen LogP contribution in [0.3, 0.4) is 0 Å². The van der Waals surface area contributed by atoms with Crippen LogP contribution in [0.5, 0.6) is 0 Å². The van der Waals surface area contributed by atoms with E-state index in [1.54, 1.807) is 0 Å². The summed E-state index contributed by atoms with van der Waals surface area (Å²) in [5.41, 5.74) is 32.4. The summed E-state index contributed by atoms with van der Waals surface area (Å²) in [5, 5.41) is 4.73. The maximum absolute atomic E-state index is 4.12. The molecule has 0 saturated heterocycles. The van der Waals surface area contributed by atoms with Crippen LogP contribution < -0.4 is 9.80 Å². The van der Waals surface area contributed by atoms with Gasteiger partial charge in [0.2, 0.25) is 0 Å². The molecule has 2 unspecified atom stereocenters. The molecular formula is C101H70N2. The minimum Gasteiger partial charge on any atom is -0.310 e. The van der Waals surface area contributed by atoms with Gasteiger partial charge in [-0.25, -0.2) is 0 Å². The second-order valence-corrected chi connectivity index (χ2v) is 28.3. The number of hydrogen-bond donors (Lipinski definition) is 0. The van der Waals surface area contributed by atoms with Gasteiger partial charge < -0.3 is 9.80 Å². The third kappa shape index (κ3) is 8.94. The quantitative estimate of drug-likeness (QED) is 0.107. The molecule has 0 fully saturated rings. The molecule has 0 heterocycles. The van der Waals surface area contributed by atoms with Crippen LogP contribution in [0.2, 0.25) is 0 Å². The second kappa shape index (κ2) is 23.6. The zero-order valence-electron chi connectivity index (χ0n) is 57.0. The molecule has 0 N–H and O–H groups in total. The molecule has 0 saturated carbocycles. The lowest BCUT2D eigenvalue weighted by molar-refractivity contribution is 0.629. The Bertz CT molecular complexity index is 5730. The van der Waals surface area contributed by atoms with Crippen molar-refractivity contribution in [1.82, 2.24) is 0 Å². The molecule has 4 aliphatic carbocycles. The van der Waals surface area contributed by atoms with E-state index < -0.39 is 16.2 Å². The molecule has 1 spiro atoms. The summed E-state index contributed by atoms with van der Waals surface area (Å²) in [5.74, 6) is 0. The van der Waals surface area contributed by atoms with Gasteiger partial charge in [-0.2, -0.15) is 0 Å². The summed E-state index contributed by atoms with van der Waals surface area (Å²) in [7, 11) is 0. The Morgan fingerprint density at radius 2 is 0.544 bits per heavy atom. The molecule has 2 heteroatoms. The van der Waals surface area contributed by atoms with Crippen molar-refractivity contribution in [2.45, 2.75) is 29.1 Å². The van der Waals surface area contributed by atoms with Gasteiger partial charge in [-0.3, -0.25) is 0 Å². The third-order valence-electron chi connectivity index (χ3n) is 23.3. The van der Waals surface area contributed by atoms with E-state index in [0.717, 1.165) is 58.1 Å². The Labute approximate surface area is 602 Å². The van der Waals surface area contributed by atoms with Gasteiger partial charge in [0.05, 0.1) is 27.6 Å². The van der Waals surface area contributed by atoms with Crippen molar-refractivity contribution >= 4 is 67.8 Å². The van der Waals surface area contributed by atoms with E-state index in [1.807, 2.05) is 12.2 Å². The van der Waals surface area contributed by atoms with Gasteiger partial charge >= 0.3 is 0 Å². The summed E-state index contributed by atoms with van der Waals surface area (Å²) < 4.78 is 0. The molecule has 0 aromatic heterocycles. The lowest BCUT2D eigenvalue weighted by Crippen LogP contribution is -2.30. The molecule has 16 aromatic carbocycles. The lowest BCUT2D eigenvalue weighted by Gasteiger charge is -2.35. The minimum absolute atomic E-state index is 0.518. The predicted molar refractivity (Wildman–Crippen MR) is 431 cm³/mol. The molecule has 2 atom stereocenters. The average Bonchev–Trinajstić information content (AvgIpc) is 1.51. The van der Waals surface area contributed by atoms with Crippen LogP contribution in [0.4, 0.5) is 34.1 Å². The standard InChI is InChI=1S/C101H70N2/c1-3-67-45-49-69(50-46-67)65-99(73-29-7-5-8-30-73)89-39-19-15-35-81(89)85-57-53-75(61-93(85)99)102(97-43-23-27-71-25-11-13-33-79(71)97)77-55-59-87-83-37-17-21-41-91(83)101(95(87)63-77)92-42-22-18-38-84(92)88-60-56-78(64-96(88)101)103(98-44-24-28-72-26-12-14-34-80(72)98)76-54-58-86-82-36-16-20-40-90(82)100(94(86)62-76,74-31-9-6-10-32-74)66-70-51-47-68(4-2)48-52-70/h3-64H,1-2,65-66H2. The van der Waals surface area contributed by atoms with Crippen LogP contribution in [0.25, 0.3) is 78.2 Å². The Morgan fingerprint density at radius 1 is 0.243 bits per heavy atom. The summed E-state index contributed by atoms with van der Waals surface area (Å²) in [6, 6.07) is 138. The zero-order valence-corrected chi connectivity index (χ0v) is 57.0. The Morgan fingerprint density at radius 3 is 0.932 bits per heavy atom. The van der Waals surface area contributed by atoms with Gasteiger partial charge in [0, 0.05) is 33.5 Å². The molecule has 0 aliphatic heterocycles. The molecule has 2 nitrogen and oxygen atoms in total. The first kappa shape index (κ1) is 60.1. The maximum Gasteiger partial charge on any atom is 0.0727 e. The SMILES string of the molecule is C=Cc1ccc(CC2(c3ccccc3)c3ccccc3-c3ccc(N(c4ccc5c(c4)C4(c6ccccc6-5)c5ccccc5-c5ccc(N(c6ccc7c(c6)C(Cc6ccc(C=C)cc6)(c6ccccc6)c6ccccc6-7)c6cccc7ccccc67)cc54)c4cccc5ccccc45)cc32)cc1. The van der Waals surface area contributed by atoms with E-state index in [0.29, 0.717) is 0 Å². The Balaban J connectivity index is 0.815. The van der Waals surface area contributed by atoms with Crippen LogP contribution in [0.15, 0.2) is 377 Å². The fourth-order valence-corrected chi connectivity index (χ4v) is 18.9. The first-order valence-electron chi connectivity index (χ1n) is 36.0. The summed E-state index contributed by atoms with van der Waals surface area (Å²) in [4.78, 5) is 5.13. The normalized spacial score (nSPS) is 16.6. The van der Waals surface area contributed by atoms with Crippen LogP contribution in [-0.2, 0) is 29.1 Å². The molecule has 0 radical (unpaired) electrons. The van der Waals surface area contributed by atoms with Crippen molar-refractivity contribution in [2.75, 3.05) is 9.80 Å². The molecule has 20 rings (SSSR count). The van der Waals surface area contributed by atoms with Crippen molar-refractivity contribution in [3.05, 3.63) is 455 Å². The summed E-state index contributed by atoms with van der Waals surface area (Å²) in [6.07, 6.45) is 5.42. The largest absolute Gasteiger partial charge is 0.310 e. The van der Waals surface area contributed by atoms with Crippen molar-refractivity contribution in [1.29, 1.82) is 0 Å². The molecule has 0 bridgehead atoms. The van der Waals surface area contributed by atoms with Crippen molar-refractivity contribution in [3.63, 3.8) is 0 Å². The predicted octanol–water partition coefficient (Wildman–Crippen LogP) is 25.7.